The van der Waals surface area contributed by atoms with Crippen LogP contribution >= 0.6 is 0 Å². The van der Waals surface area contributed by atoms with Gasteiger partial charge in [0.05, 0.1) is 17.5 Å². The molecule has 0 aliphatic heterocycles. The van der Waals surface area contributed by atoms with Crippen molar-refractivity contribution in [2.75, 3.05) is 12.3 Å². The molecule has 2 N–H and O–H groups in total. The van der Waals surface area contributed by atoms with Gasteiger partial charge in [0, 0.05) is 5.69 Å². The van der Waals surface area contributed by atoms with Gasteiger partial charge in [-0.2, -0.15) is 0 Å². The summed E-state index contributed by atoms with van der Waals surface area (Å²) in [5.74, 6) is 1.75. The first-order chi connectivity index (χ1) is 10.3. The molecule has 3 aromatic rings. The molecule has 0 aliphatic rings. The second-order valence-electron chi connectivity index (χ2n) is 4.44. The summed E-state index contributed by atoms with van der Waals surface area (Å²) in [6.07, 6.45) is 1.47. The molecule has 0 radical (unpaired) electrons. The van der Waals surface area contributed by atoms with Gasteiger partial charge in [-0.05, 0) is 37.3 Å². The minimum Gasteiger partial charge on any atom is -0.490 e. The molecule has 0 unspecified atom stereocenters. The number of rotatable bonds is 4. The third kappa shape index (κ3) is 2.72. The molecular weight excluding hydrogens is 266 g/mol. The van der Waals surface area contributed by atoms with Gasteiger partial charge in [-0.3, -0.25) is 0 Å². The molecule has 0 amide bonds. The molecule has 0 spiro atoms. The number of hydrogen-bond donors (Lipinski definition) is 1. The molecule has 0 saturated carbocycles. The monoisotopic (exact) mass is 281 g/mol. The van der Waals surface area contributed by atoms with Crippen molar-refractivity contribution in [2.24, 2.45) is 0 Å². The highest BCUT2D eigenvalue weighted by atomic mass is 16.5. The molecule has 0 saturated heterocycles. The Labute approximate surface area is 122 Å². The van der Waals surface area contributed by atoms with Crippen molar-refractivity contribution in [3.05, 3.63) is 48.8 Å². The molecule has 0 atom stereocenters. The van der Waals surface area contributed by atoms with Crippen LogP contribution in [0, 0.1) is 0 Å². The Balaban J connectivity index is 2.04. The van der Waals surface area contributed by atoms with Gasteiger partial charge in [-0.1, -0.05) is 12.1 Å². The zero-order valence-electron chi connectivity index (χ0n) is 11.6. The van der Waals surface area contributed by atoms with Crippen molar-refractivity contribution >= 4 is 16.6 Å². The fraction of sp³-hybridized carbons (Fsp3) is 0.125. The van der Waals surface area contributed by atoms with E-state index >= 15 is 0 Å². The van der Waals surface area contributed by atoms with Crippen molar-refractivity contribution < 1.29 is 9.47 Å². The van der Waals surface area contributed by atoms with Crippen LogP contribution in [0.25, 0.3) is 10.9 Å². The third-order valence-corrected chi connectivity index (χ3v) is 2.98. The van der Waals surface area contributed by atoms with Crippen LogP contribution in [0.1, 0.15) is 6.92 Å². The van der Waals surface area contributed by atoms with Crippen molar-refractivity contribution in [3.63, 3.8) is 0 Å². The first-order valence-electron chi connectivity index (χ1n) is 6.68. The summed E-state index contributed by atoms with van der Waals surface area (Å²) in [6, 6.07) is 12.9. The van der Waals surface area contributed by atoms with Gasteiger partial charge in [0.15, 0.2) is 11.5 Å². The standard InChI is InChI=1S/C16H15N3O2/c1-2-20-14-5-3-4-6-15(14)21-16-12-9-11(17)7-8-13(12)18-10-19-16/h3-10H,2,17H2,1H3. The molecular formula is C16H15N3O2. The molecule has 106 valence electrons. The molecule has 1 aromatic heterocycles. The predicted molar refractivity (Wildman–Crippen MR) is 81.6 cm³/mol. The summed E-state index contributed by atoms with van der Waals surface area (Å²) in [5.41, 5.74) is 7.25. The van der Waals surface area contributed by atoms with Gasteiger partial charge in [0.1, 0.15) is 6.33 Å². The van der Waals surface area contributed by atoms with Crippen molar-refractivity contribution in [2.45, 2.75) is 6.92 Å². The number of para-hydroxylation sites is 2. The molecule has 2 aromatic carbocycles. The fourth-order valence-corrected chi connectivity index (χ4v) is 2.05. The Hall–Kier alpha value is -2.82. The number of fused-ring (bicyclic) bond motifs is 1. The molecule has 3 rings (SSSR count). The first kappa shape index (κ1) is 13.2. The van der Waals surface area contributed by atoms with Crippen LogP contribution in [0.4, 0.5) is 5.69 Å². The van der Waals surface area contributed by atoms with Crippen molar-refractivity contribution in [1.29, 1.82) is 0 Å². The summed E-state index contributed by atoms with van der Waals surface area (Å²) in [4.78, 5) is 8.41. The normalized spacial score (nSPS) is 10.5. The molecule has 0 fully saturated rings. The first-order valence-corrected chi connectivity index (χ1v) is 6.68. The lowest BCUT2D eigenvalue weighted by Gasteiger charge is -2.11. The number of hydrogen-bond acceptors (Lipinski definition) is 5. The number of ether oxygens (including phenoxy) is 2. The lowest BCUT2D eigenvalue weighted by atomic mass is 10.2. The molecule has 1 heterocycles. The zero-order chi connectivity index (χ0) is 14.7. The van der Waals surface area contributed by atoms with Crippen LogP contribution in [0.2, 0.25) is 0 Å². The summed E-state index contributed by atoms with van der Waals surface area (Å²) >= 11 is 0. The Kier molecular flexibility index (Phi) is 3.55. The van der Waals surface area contributed by atoms with Gasteiger partial charge in [-0.25, -0.2) is 9.97 Å². The Bertz CT molecular complexity index is 774. The summed E-state index contributed by atoms with van der Waals surface area (Å²) in [6.45, 7) is 2.50. The van der Waals surface area contributed by atoms with Gasteiger partial charge in [0.2, 0.25) is 5.88 Å². The topological polar surface area (TPSA) is 70.3 Å². The van der Waals surface area contributed by atoms with Crippen LogP contribution < -0.4 is 15.2 Å². The lowest BCUT2D eigenvalue weighted by molar-refractivity contribution is 0.320. The van der Waals surface area contributed by atoms with E-state index in [1.54, 1.807) is 12.1 Å². The molecule has 0 aliphatic carbocycles. The van der Waals surface area contributed by atoms with E-state index in [1.807, 2.05) is 37.3 Å². The maximum absolute atomic E-state index is 5.90. The van der Waals surface area contributed by atoms with Gasteiger partial charge >= 0.3 is 0 Å². The van der Waals surface area contributed by atoms with Crippen molar-refractivity contribution in [1.82, 2.24) is 9.97 Å². The molecule has 0 bridgehead atoms. The SMILES string of the molecule is CCOc1ccccc1Oc1ncnc2ccc(N)cc12. The van der Waals surface area contributed by atoms with E-state index in [0.29, 0.717) is 29.7 Å². The van der Waals surface area contributed by atoms with Crippen LogP contribution in [0.3, 0.4) is 0 Å². The zero-order valence-corrected chi connectivity index (χ0v) is 11.6. The summed E-state index contributed by atoms with van der Waals surface area (Å²) in [5, 5.41) is 0.767. The second kappa shape index (κ2) is 5.66. The Morgan fingerprint density at radius 2 is 1.86 bits per heavy atom. The third-order valence-electron chi connectivity index (χ3n) is 2.98. The van der Waals surface area contributed by atoms with E-state index in [-0.39, 0.29) is 0 Å². The number of benzene rings is 2. The molecule has 5 heteroatoms. The molecule has 21 heavy (non-hydrogen) atoms. The predicted octanol–water partition coefficient (Wildman–Crippen LogP) is 3.40. The molecule has 5 nitrogen and oxygen atoms in total. The number of anilines is 1. The van der Waals surface area contributed by atoms with Gasteiger partial charge in [0.25, 0.3) is 0 Å². The summed E-state index contributed by atoms with van der Waals surface area (Å²) in [7, 11) is 0. The lowest BCUT2D eigenvalue weighted by Crippen LogP contribution is -1.97. The van der Waals surface area contributed by atoms with E-state index in [4.69, 9.17) is 15.2 Å². The number of nitrogens with zero attached hydrogens (tertiary/aromatic N) is 2. The Morgan fingerprint density at radius 3 is 2.67 bits per heavy atom. The van der Waals surface area contributed by atoms with Gasteiger partial charge in [-0.15, -0.1) is 0 Å². The number of nitrogen functional groups attached to an aromatic ring is 1. The maximum atomic E-state index is 5.90. The number of aromatic nitrogens is 2. The van der Waals surface area contributed by atoms with E-state index in [9.17, 15) is 0 Å². The highest BCUT2D eigenvalue weighted by Gasteiger charge is 2.10. The van der Waals surface area contributed by atoms with E-state index in [1.165, 1.54) is 6.33 Å². The average molecular weight is 281 g/mol. The van der Waals surface area contributed by atoms with Crippen LogP contribution in [0.15, 0.2) is 48.8 Å². The van der Waals surface area contributed by atoms with Crippen LogP contribution in [-0.2, 0) is 0 Å². The quantitative estimate of drug-likeness (QED) is 0.742. The minimum absolute atomic E-state index is 0.458. The maximum Gasteiger partial charge on any atom is 0.230 e. The van der Waals surface area contributed by atoms with Crippen molar-refractivity contribution in [3.8, 4) is 17.4 Å². The highest BCUT2D eigenvalue weighted by molar-refractivity contribution is 5.86. The minimum atomic E-state index is 0.458. The number of nitrogens with two attached hydrogens (primary N) is 1. The average Bonchev–Trinajstić information content (AvgIpc) is 2.50. The fourth-order valence-electron chi connectivity index (χ4n) is 2.05. The van der Waals surface area contributed by atoms with Crippen LogP contribution in [-0.4, -0.2) is 16.6 Å². The Morgan fingerprint density at radius 1 is 1.05 bits per heavy atom. The largest absolute Gasteiger partial charge is 0.490 e. The highest BCUT2D eigenvalue weighted by Crippen LogP contribution is 2.33. The van der Waals surface area contributed by atoms with E-state index in [2.05, 4.69) is 9.97 Å². The van der Waals surface area contributed by atoms with E-state index in [0.717, 1.165) is 10.9 Å². The summed E-state index contributed by atoms with van der Waals surface area (Å²) < 4.78 is 11.5. The van der Waals surface area contributed by atoms with Crippen LogP contribution in [0.5, 0.6) is 17.4 Å². The van der Waals surface area contributed by atoms with E-state index < -0.39 is 0 Å². The second-order valence-corrected chi connectivity index (χ2v) is 4.44. The smallest absolute Gasteiger partial charge is 0.230 e. The van der Waals surface area contributed by atoms with Gasteiger partial charge < -0.3 is 15.2 Å².